The van der Waals surface area contributed by atoms with Crippen molar-refractivity contribution in [3.05, 3.63) is 29.8 Å². The first-order valence-electron chi connectivity index (χ1n) is 10.2. The molecule has 0 N–H and O–H groups in total. The van der Waals surface area contributed by atoms with Crippen molar-refractivity contribution in [1.82, 2.24) is 0 Å². The van der Waals surface area contributed by atoms with Gasteiger partial charge in [0.1, 0.15) is 17.4 Å². The monoisotopic (exact) mass is 462 g/mol. The number of imide groups is 1. The molecule has 1 fully saturated rings. The molecule has 0 aromatic heterocycles. The van der Waals surface area contributed by atoms with E-state index in [9.17, 15) is 22.8 Å². The summed E-state index contributed by atoms with van der Waals surface area (Å²) < 4.78 is 51.4. The highest BCUT2D eigenvalue weighted by Gasteiger charge is 2.61. The van der Waals surface area contributed by atoms with Gasteiger partial charge >= 0.3 is 18.2 Å². The quantitative estimate of drug-likeness (QED) is 0.518. The van der Waals surface area contributed by atoms with Crippen LogP contribution in [0.15, 0.2) is 24.3 Å². The lowest BCUT2D eigenvalue weighted by Crippen LogP contribution is -2.64. The van der Waals surface area contributed by atoms with E-state index >= 15 is 0 Å². The number of amides is 2. The average molecular weight is 463 g/mol. The second-order valence-electron chi connectivity index (χ2n) is 8.86. The summed E-state index contributed by atoms with van der Waals surface area (Å²) >= 11 is 1.02. The highest BCUT2D eigenvalue weighted by molar-refractivity contribution is 7.98. The Morgan fingerprint density at radius 2 is 1.81 bits per heavy atom. The van der Waals surface area contributed by atoms with Crippen molar-refractivity contribution < 1.29 is 36.7 Å². The first-order chi connectivity index (χ1) is 14.3. The minimum Gasteiger partial charge on any atom is -0.497 e. The lowest BCUT2D eigenvalue weighted by molar-refractivity contribution is -0.796. The number of halogens is 3. The standard InChI is InChI=1S/C22H31F3NO4S/c1-15-7-6-12-26(15,20(28)30-21(2,3)4)19(27)18(22(23,24)25)14-31-13-16-8-10-17(29-5)11-9-16/h8-11,15,18H,6-7,12-14H2,1-5H3/q+1/t15-,18?,26?/m1/s1. The van der Waals surface area contributed by atoms with Gasteiger partial charge in [-0.1, -0.05) is 12.1 Å². The van der Waals surface area contributed by atoms with E-state index in [0.29, 0.717) is 24.3 Å². The van der Waals surface area contributed by atoms with Crippen molar-refractivity contribution in [2.24, 2.45) is 5.92 Å². The molecule has 0 radical (unpaired) electrons. The minimum atomic E-state index is -4.75. The third-order valence-electron chi connectivity index (χ3n) is 5.40. The number of ether oxygens (including phenoxy) is 2. The molecule has 2 rings (SSSR count). The highest BCUT2D eigenvalue weighted by atomic mass is 32.2. The van der Waals surface area contributed by atoms with Crippen molar-refractivity contribution in [1.29, 1.82) is 0 Å². The Kier molecular flexibility index (Phi) is 8.08. The topological polar surface area (TPSA) is 52.6 Å². The summed E-state index contributed by atoms with van der Waals surface area (Å²) in [7, 11) is 1.53. The van der Waals surface area contributed by atoms with Gasteiger partial charge in [0.15, 0.2) is 5.92 Å². The Labute approximate surface area is 185 Å². The van der Waals surface area contributed by atoms with Crippen molar-refractivity contribution in [2.45, 2.75) is 64.1 Å². The van der Waals surface area contributed by atoms with Crippen LogP contribution in [0.1, 0.15) is 46.1 Å². The molecule has 1 aliphatic heterocycles. The predicted molar refractivity (Wildman–Crippen MR) is 114 cm³/mol. The summed E-state index contributed by atoms with van der Waals surface area (Å²) in [6.45, 7) is 6.59. The average Bonchev–Trinajstić information content (AvgIpc) is 3.05. The maximum atomic E-state index is 13.9. The molecule has 5 nitrogen and oxygen atoms in total. The summed E-state index contributed by atoms with van der Waals surface area (Å²) in [5, 5.41) is 0. The molecule has 2 amide bonds. The Bertz CT molecular complexity index is 776. The van der Waals surface area contributed by atoms with Crippen LogP contribution in [0.25, 0.3) is 0 Å². The molecule has 31 heavy (non-hydrogen) atoms. The number of rotatable bonds is 6. The normalized spacial score (nSPS) is 22.8. The number of carbonyl (C=O) groups is 2. The van der Waals surface area contributed by atoms with Crippen LogP contribution in [-0.2, 0) is 15.3 Å². The zero-order valence-electron chi connectivity index (χ0n) is 18.6. The molecular formula is C22H31F3NO4S+. The molecule has 0 spiro atoms. The second kappa shape index (κ2) is 9.81. The fourth-order valence-corrected chi connectivity index (χ4v) is 4.82. The molecule has 2 unspecified atom stereocenters. The fraction of sp³-hybridized carbons (Fsp3) is 0.636. The zero-order chi connectivity index (χ0) is 23.4. The maximum Gasteiger partial charge on any atom is 0.524 e. The number of likely N-dealkylation sites (tertiary alicyclic amines) is 1. The molecule has 1 saturated heterocycles. The van der Waals surface area contributed by atoms with E-state index in [1.807, 2.05) is 0 Å². The van der Waals surface area contributed by atoms with E-state index in [1.54, 1.807) is 52.0 Å². The number of hydrogen-bond donors (Lipinski definition) is 0. The van der Waals surface area contributed by atoms with Crippen LogP contribution in [0, 0.1) is 5.92 Å². The van der Waals surface area contributed by atoms with E-state index in [4.69, 9.17) is 9.47 Å². The first-order valence-corrected chi connectivity index (χ1v) is 11.4. The zero-order valence-corrected chi connectivity index (χ0v) is 19.4. The van der Waals surface area contributed by atoms with Crippen molar-refractivity contribution in [3.8, 4) is 5.75 Å². The highest BCUT2D eigenvalue weighted by Crippen LogP contribution is 2.39. The van der Waals surface area contributed by atoms with Gasteiger partial charge in [-0.3, -0.25) is 0 Å². The summed E-state index contributed by atoms with van der Waals surface area (Å²) in [4.78, 5) is 26.3. The Hall–Kier alpha value is -1.74. The number of nitrogens with zero attached hydrogens (tertiary/aromatic N) is 1. The maximum absolute atomic E-state index is 13.9. The third-order valence-corrected chi connectivity index (χ3v) is 6.51. The van der Waals surface area contributed by atoms with Gasteiger partial charge in [0, 0.05) is 24.3 Å². The summed E-state index contributed by atoms with van der Waals surface area (Å²) in [5.41, 5.74) is -0.0772. The summed E-state index contributed by atoms with van der Waals surface area (Å²) in [6, 6.07) is 6.45. The van der Waals surface area contributed by atoms with Gasteiger partial charge in [-0.05, 0) is 45.4 Å². The van der Waals surface area contributed by atoms with E-state index in [1.165, 1.54) is 7.11 Å². The van der Waals surface area contributed by atoms with Crippen molar-refractivity contribution in [2.75, 3.05) is 19.4 Å². The van der Waals surface area contributed by atoms with Gasteiger partial charge in [-0.2, -0.15) is 34.2 Å². The van der Waals surface area contributed by atoms with Gasteiger partial charge in [0.25, 0.3) is 0 Å². The Morgan fingerprint density at radius 3 is 2.26 bits per heavy atom. The molecule has 174 valence electrons. The van der Waals surface area contributed by atoms with Crippen molar-refractivity contribution >= 4 is 23.8 Å². The molecule has 1 aromatic rings. The van der Waals surface area contributed by atoms with Gasteiger partial charge in [0.05, 0.1) is 13.7 Å². The SMILES string of the molecule is COc1ccc(CSCC(C(=O)[N+]2(C(=O)OC(C)(C)C)CCC[C@H]2C)C(F)(F)F)cc1. The minimum absolute atomic E-state index is 0.0324. The number of quaternary nitrogens is 1. The van der Waals surface area contributed by atoms with Crippen LogP contribution in [0.4, 0.5) is 18.0 Å². The Balaban J connectivity index is 2.22. The number of carbonyl (C=O) groups excluding carboxylic acids is 2. The van der Waals surface area contributed by atoms with Gasteiger partial charge in [-0.25, -0.2) is 4.79 Å². The molecular weight excluding hydrogens is 431 g/mol. The van der Waals surface area contributed by atoms with Crippen LogP contribution >= 0.6 is 11.8 Å². The fourth-order valence-electron chi connectivity index (χ4n) is 3.71. The lowest BCUT2D eigenvalue weighted by atomic mass is 10.1. The first kappa shape index (κ1) is 25.5. The third kappa shape index (κ3) is 6.16. The number of benzene rings is 1. The number of methoxy groups -OCH3 is 1. The summed E-state index contributed by atoms with van der Waals surface area (Å²) in [6.07, 6.45) is -4.65. The molecule has 0 bridgehead atoms. The van der Waals surface area contributed by atoms with Gasteiger partial charge in [0.2, 0.25) is 0 Å². The molecule has 3 atom stereocenters. The van der Waals surface area contributed by atoms with E-state index in [2.05, 4.69) is 0 Å². The van der Waals surface area contributed by atoms with Crippen molar-refractivity contribution in [3.63, 3.8) is 0 Å². The van der Waals surface area contributed by atoms with Gasteiger partial charge < -0.3 is 9.47 Å². The van der Waals surface area contributed by atoms with Crippen LogP contribution in [0.5, 0.6) is 5.75 Å². The Morgan fingerprint density at radius 1 is 1.19 bits per heavy atom. The molecule has 1 heterocycles. The smallest absolute Gasteiger partial charge is 0.497 e. The largest absolute Gasteiger partial charge is 0.524 e. The molecule has 1 aliphatic rings. The number of hydrogen-bond acceptors (Lipinski definition) is 5. The van der Waals surface area contributed by atoms with Crippen LogP contribution in [0.3, 0.4) is 0 Å². The second-order valence-corrected chi connectivity index (χ2v) is 9.89. The molecule has 0 saturated carbocycles. The molecule has 0 aliphatic carbocycles. The van der Waals surface area contributed by atoms with Gasteiger partial charge in [-0.15, -0.1) is 0 Å². The number of thioether (sulfide) groups is 1. The van der Waals surface area contributed by atoms with Crippen LogP contribution in [0.2, 0.25) is 0 Å². The van der Waals surface area contributed by atoms with Crippen LogP contribution in [-0.4, -0.2) is 53.7 Å². The number of alkyl halides is 3. The predicted octanol–water partition coefficient (Wildman–Crippen LogP) is 5.57. The lowest BCUT2D eigenvalue weighted by Gasteiger charge is -2.36. The van der Waals surface area contributed by atoms with E-state index in [-0.39, 0.29) is 6.54 Å². The van der Waals surface area contributed by atoms with Crippen LogP contribution < -0.4 is 4.74 Å². The summed E-state index contributed by atoms with van der Waals surface area (Å²) in [5.74, 6) is -2.85. The van der Waals surface area contributed by atoms with E-state index < -0.39 is 46.0 Å². The van der Waals surface area contributed by atoms with E-state index in [0.717, 1.165) is 17.3 Å². The molecule has 9 heteroatoms. The molecule has 1 aromatic carbocycles.